The van der Waals surface area contributed by atoms with Crippen LogP contribution >= 0.6 is 0 Å². The SMILES string of the molecule is CC(CCC(=O)O)CNS(=O)(=O)C1CCS(=O)(=O)C1. The van der Waals surface area contributed by atoms with Gasteiger partial charge in [0.1, 0.15) is 0 Å². The van der Waals surface area contributed by atoms with Crippen LogP contribution in [0.5, 0.6) is 0 Å². The van der Waals surface area contributed by atoms with E-state index in [0.29, 0.717) is 6.42 Å². The third-order valence-electron chi connectivity index (χ3n) is 3.11. The van der Waals surface area contributed by atoms with Gasteiger partial charge in [-0.1, -0.05) is 6.92 Å². The Hall–Kier alpha value is -0.670. The third kappa shape index (κ3) is 5.45. The van der Waals surface area contributed by atoms with E-state index in [1.165, 1.54) is 0 Å². The highest BCUT2D eigenvalue weighted by Gasteiger charge is 2.36. The van der Waals surface area contributed by atoms with Gasteiger partial charge in [-0.3, -0.25) is 4.79 Å². The van der Waals surface area contributed by atoms with Gasteiger partial charge in [-0.15, -0.1) is 0 Å². The summed E-state index contributed by atoms with van der Waals surface area (Å²) in [6.07, 6.45) is 0.489. The van der Waals surface area contributed by atoms with Gasteiger partial charge in [-0.25, -0.2) is 21.6 Å². The van der Waals surface area contributed by atoms with Gasteiger partial charge in [0.25, 0.3) is 0 Å². The molecule has 2 unspecified atom stereocenters. The maximum Gasteiger partial charge on any atom is 0.303 e. The second-order valence-corrected chi connectivity index (χ2v) is 9.23. The molecule has 0 saturated carbocycles. The fourth-order valence-corrected chi connectivity index (χ4v) is 6.07. The zero-order valence-corrected chi connectivity index (χ0v) is 12.3. The summed E-state index contributed by atoms with van der Waals surface area (Å²) in [7, 11) is -6.88. The zero-order valence-electron chi connectivity index (χ0n) is 10.7. The van der Waals surface area contributed by atoms with Crippen LogP contribution in [0.2, 0.25) is 0 Å². The van der Waals surface area contributed by atoms with Crippen LogP contribution in [0.15, 0.2) is 0 Å². The third-order valence-corrected chi connectivity index (χ3v) is 6.94. The number of rotatable bonds is 7. The molecule has 19 heavy (non-hydrogen) atoms. The van der Waals surface area contributed by atoms with Crippen molar-refractivity contribution in [2.75, 3.05) is 18.1 Å². The van der Waals surface area contributed by atoms with E-state index in [9.17, 15) is 21.6 Å². The largest absolute Gasteiger partial charge is 0.481 e. The molecule has 0 spiro atoms. The number of hydrogen-bond donors (Lipinski definition) is 2. The van der Waals surface area contributed by atoms with Crippen LogP contribution in [-0.4, -0.2) is 51.2 Å². The van der Waals surface area contributed by atoms with Crippen molar-refractivity contribution < 1.29 is 26.7 Å². The number of aliphatic carboxylic acids is 1. The number of sulfonamides is 1. The van der Waals surface area contributed by atoms with Crippen LogP contribution in [0.1, 0.15) is 26.2 Å². The number of carboxylic acids is 1. The van der Waals surface area contributed by atoms with Crippen molar-refractivity contribution >= 4 is 25.8 Å². The number of carboxylic acid groups (broad SMARTS) is 1. The highest BCUT2D eigenvalue weighted by atomic mass is 32.2. The summed E-state index contributed by atoms with van der Waals surface area (Å²) in [6.45, 7) is 1.88. The first-order chi connectivity index (χ1) is 8.62. The van der Waals surface area contributed by atoms with Crippen LogP contribution in [0.3, 0.4) is 0 Å². The van der Waals surface area contributed by atoms with Crippen LogP contribution < -0.4 is 4.72 Å². The van der Waals surface area contributed by atoms with E-state index in [-0.39, 0.29) is 36.8 Å². The molecular weight excluding hydrogens is 294 g/mol. The summed E-state index contributed by atoms with van der Waals surface area (Å²) in [6, 6.07) is 0. The highest BCUT2D eigenvalue weighted by Crippen LogP contribution is 2.18. The van der Waals surface area contributed by atoms with Gasteiger partial charge >= 0.3 is 5.97 Å². The Morgan fingerprint density at radius 3 is 2.58 bits per heavy atom. The summed E-state index contributed by atoms with van der Waals surface area (Å²) in [5.41, 5.74) is 0. The van der Waals surface area contributed by atoms with E-state index in [1.54, 1.807) is 6.92 Å². The molecule has 1 saturated heterocycles. The second-order valence-electron chi connectivity index (χ2n) is 4.96. The monoisotopic (exact) mass is 313 g/mol. The van der Waals surface area contributed by atoms with E-state index >= 15 is 0 Å². The van der Waals surface area contributed by atoms with Crippen LogP contribution in [0.25, 0.3) is 0 Å². The van der Waals surface area contributed by atoms with Crippen molar-refractivity contribution in [1.29, 1.82) is 0 Å². The van der Waals surface area contributed by atoms with Gasteiger partial charge in [-0.2, -0.15) is 0 Å². The Morgan fingerprint density at radius 2 is 2.11 bits per heavy atom. The lowest BCUT2D eigenvalue weighted by atomic mass is 10.1. The first kappa shape index (κ1) is 16.4. The Bertz CT molecular complexity index is 524. The lowest BCUT2D eigenvalue weighted by Gasteiger charge is -2.14. The summed E-state index contributed by atoms with van der Waals surface area (Å²) >= 11 is 0. The van der Waals surface area contributed by atoms with Gasteiger partial charge in [0.15, 0.2) is 9.84 Å². The maximum absolute atomic E-state index is 11.9. The van der Waals surface area contributed by atoms with E-state index in [2.05, 4.69) is 4.72 Å². The van der Waals surface area contributed by atoms with Gasteiger partial charge in [0.2, 0.25) is 10.0 Å². The summed E-state index contributed by atoms with van der Waals surface area (Å²) < 4.78 is 48.6. The van der Waals surface area contributed by atoms with Gasteiger partial charge in [-0.05, 0) is 18.8 Å². The van der Waals surface area contributed by atoms with Gasteiger partial charge in [0.05, 0.1) is 16.8 Å². The van der Waals surface area contributed by atoms with Crippen LogP contribution in [-0.2, 0) is 24.7 Å². The van der Waals surface area contributed by atoms with E-state index in [0.717, 1.165) is 0 Å². The molecule has 0 amide bonds. The van der Waals surface area contributed by atoms with Crippen molar-refractivity contribution in [3.8, 4) is 0 Å². The molecule has 0 aromatic carbocycles. The zero-order chi connectivity index (χ0) is 14.7. The molecule has 0 aromatic heterocycles. The average Bonchev–Trinajstić information content (AvgIpc) is 2.65. The van der Waals surface area contributed by atoms with Crippen LogP contribution in [0.4, 0.5) is 0 Å². The molecule has 7 nitrogen and oxygen atoms in total. The number of nitrogens with one attached hydrogen (secondary N) is 1. The average molecular weight is 313 g/mol. The molecule has 0 aromatic rings. The molecule has 1 fully saturated rings. The van der Waals surface area contributed by atoms with Crippen LogP contribution in [0, 0.1) is 5.92 Å². The minimum atomic E-state index is -3.64. The predicted octanol–water partition coefficient (Wildman–Crippen LogP) is -0.406. The van der Waals surface area contributed by atoms with Gasteiger partial charge < -0.3 is 5.11 Å². The topological polar surface area (TPSA) is 118 Å². The fourth-order valence-electron chi connectivity index (χ4n) is 1.85. The smallest absolute Gasteiger partial charge is 0.303 e. The molecule has 1 heterocycles. The van der Waals surface area contributed by atoms with E-state index in [4.69, 9.17) is 5.11 Å². The summed E-state index contributed by atoms with van der Waals surface area (Å²) in [5, 5.41) is 7.63. The molecular formula is C10H19NO6S2. The number of carbonyl (C=O) groups is 1. The molecule has 1 aliphatic heterocycles. The second kappa shape index (κ2) is 6.19. The fraction of sp³-hybridized carbons (Fsp3) is 0.900. The van der Waals surface area contributed by atoms with Gasteiger partial charge in [0, 0.05) is 13.0 Å². The highest BCUT2D eigenvalue weighted by molar-refractivity contribution is 7.95. The molecule has 1 rings (SSSR count). The predicted molar refractivity (Wildman–Crippen MR) is 70.0 cm³/mol. The first-order valence-electron chi connectivity index (χ1n) is 6.03. The molecule has 9 heteroatoms. The molecule has 2 atom stereocenters. The van der Waals surface area contributed by atoms with Crippen molar-refractivity contribution in [2.24, 2.45) is 5.92 Å². The van der Waals surface area contributed by atoms with Crippen molar-refractivity contribution in [3.05, 3.63) is 0 Å². The lowest BCUT2D eigenvalue weighted by Crippen LogP contribution is -2.37. The standard InChI is InChI=1S/C10H19NO6S2/c1-8(2-3-10(12)13)6-11-19(16,17)9-4-5-18(14,15)7-9/h8-9,11H,2-7H2,1H3,(H,12,13). The Labute approximate surface area is 113 Å². The molecule has 1 aliphatic rings. The molecule has 0 bridgehead atoms. The first-order valence-corrected chi connectivity index (χ1v) is 9.40. The molecule has 0 aliphatic carbocycles. The Kier molecular flexibility index (Phi) is 5.34. The summed E-state index contributed by atoms with van der Waals surface area (Å²) in [5.74, 6) is -1.45. The normalized spacial score (nSPS) is 24.2. The molecule has 0 radical (unpaired) electrons. The Morgan fingerprint density at radius 1 is 1.47 bits per heavy atom. The quantitative estimate of drug-likeness (QED) is 0.660. The van der Waals surface area contributed by atoms with E-state index < -0.39 is 31.1 Å². The minimum Gasteiger partial charge on any atom is -0.481 e. The number of hydrogen-bond acceptors (Lipinski definition) is 5. The van der Waals surface area contributed by atoms with Crippen molar-refractivity contribution in [2.45, 2.75) is 31.4 Å². The Balaban J connectivity index is 2.46. The lowest BCUT2D eigenvalue weighted by molar-refractivity contribution is -0.137. The summed E-state index contributed by atoms with van der Waals surface area (Å²) in [4.78, 5) is 10.4. The van der Waals surface area contributed by atoms with Crippen molar-refractivity contribution in [1.82, 2.24) is 4.72 Å². The van der Waals surface area contributed by atoms with Crippen molar-refractivity contribution in [3.63, 3.8) is 0 Å². The molecule has 112 valence electrons. The number of sulfone groups is 1. The minimum absolute atomic E-state index is 0.0132. The maximum atomic E-state index is 11.9. The molecule has 2 N–H and O–H groups in total. The van der Waals surface area contributed by atoms with E-state index in [1.807, 2.05) is 0 Å².